The predicted molar refractivity (Wildman–Crippen MR) is 84.1 cm³/mol. The van der Waals surface area contributed by atoms with E-state index in [0.717, 1.165) is 12.8 Å². The zero-order valence-corrected chi connectivity index (χ0v) is 14.6. The molecule has 5 atom stereocenters. The third-order valence-electron chi connectivity index (χ3n) is 4.38. The number of carbonyl (C=O) groups excluding carboxylic acids is 2. The zero-order chi connectivity index (χ0) is 16.3. The minimum Gasteiger partial charge on any atom is -0.459 e. The van der Waals surface area contributed by atoms with Gasteiger partial charge in [-0.2, -0.15) is 0 Å². The Labute approximate surface area is 136 Å². The van der Waals surface area contributed by atoms with Crippen LogP contribution in [0.5, 0.6) is 0 Å². The molecule has 0 radical (unpaired) electrons. The molecule has 126 valence electrons. The average molecular weight is 330 g/mol. The first-order chi connectivity index (χ1) is 10.4. The molecule has 0 aromatic heterocycles. The molecule has 0 amide bonds. The Kier molecular flexibility index (Phi) is 6.15. The maximum Gasteiger partial charge on any atom is 0.346 e. The average Bonchev–Trinajstić information content (AvgIpc) is 2.86. The summed E-state index contributed by atoms with van der Waals surface area (Å²) in [7, 11) is 0. The first kappa shape index (κ1) is 17.6. The van der Waals surface area contributed by atoms with E-state index in [2.05, 4.69) is 20.8 Å². The van der Waals surface area contributed by atoms with Gasteiger partial charge in [0.1, 0.15) is 6.10 Å². The van der Waals surface area contributed by atoms with Gasteiger partial charge in [-0.05, 0) is 30.6 Å². The molecule has 1 heterocycles. The van der Waals surface area contributed by atoms with Crippen LogP contribution in [0, 0.1) is 17.8 Å². The van der Waals surface area contributed by atoms with Crippen molar-refractivity contribution < 1.29 is 23.8 Å². The lowest BCUT2D eigenvalue weighted by atomic mass is 9.75. The minimum absolute atomic E-state index is 0.0341. The second kappa shape index (κ2) is 7.68. The van der Waals surface area contributed by atoms with Crippen molar-refractivity contribution in [3.63, 3.8) is 0 Å². The molecular formula is C16H26O5S. The fourth-order valence-electron chi connectivity index (χ4n) is 3.21. The lowest BCUT2D eigenvalue weighted by Gasteiger charge is -2.37. The highest BCUT2D eigenvalue weighted by Gasteiger charge is 2.39. The molecule has 0 bridgehead atoms. The first-order valence-electron chi connectivity index (χ1n) is 8.01. The van der Waals surface area contributed by atoms with E-state index in [0.29, 0.717) is 17.8 Å². The summed E-state index contributed by atoms with van der Waals surface area (Å²) in [4.78, 5) is 23.3. The number of carbonyl (C=O) groups is 2. The summed E-state index contributed by atoms with van der Waals surface area (Å²) < 4.78 is 16.2. The van der Waals surface area contributed by atoms with Crippen LogP contribution in [-0.4, -0.2) is 35.5 Å². The van der Waals surface area contributed by atoms with Gasteiger partial charge in [0.25, 0.3) is 0 Å². The molecule has 1 saturated carbocycles. The van der Waals surface area contributed by atoms with Crippen LogP contribution in [-0.2, 0) is 23.8 Å². The van der Waals surface area contributed by atoms with Crippen molar-refractivity contribution in [1.29, 1.82) is 0 Å². The van der Waals surface area contributed by atoms with Gasteiger partial charge >= 0.3 is 11.9 Å². The van der Waals surface area contributed by atoms with Crippen LogP contribution < -0.4 is 0 Å². The van der Waals surface area contributed by atoms with Crippen LogP contribution in [0.25, 0.3) is 0 Å². The third-order valence-corrected chi connectivity index (χ3v) is 5.49. The summed E-state index contributed by atoms with van der Waals surface area (Å²) in [6.45, 7) is 8.15. The van der Waals surface area contributed by atoms with E-state index in [-0.39, 0.29) is 24.6 Å². The van der Waals surface area contributed by atoms with Crippen LogP contribution in [0.4, 0.5) is 0 Å². The number of esters is 2. The van der Waals surface area contributed by atoms with Gasteiger partial charge in [-0.1, -0.05) is 39.0 Å². The maximum absolute atomic E-state index is 12.3. The number of hydrogen-bond acceptors (Lipinski definition) is 6. The molecule has 22 heavy (non-hydrogen) atoms. The second-order valence-corrected chi connectivity index (χ2v) is 7.87. The molecule has 1 aliphatic heterocycles. The summed E-state index contributed by atoms with van der Waals surface area (Å²) in [6, 6.07) is 0. The summed E-state index contributed by atoms with van der Waals surface area (Å²) in [6.07, 6.45) is 3.18. The molecule has 0 N–H and O–H groups in total. The Balaban J connectivity index is 1.88. The monoisotopic (exact) mass is 330 g/mol. The smallest absolute Gasteiger partial charge is 0.346 e. The van der Waals surface area contributed by atoms with Gasteiger partial charge in [0, 0.05) is 6.92 Å². The van der Waals surface area contributed by atoms with Crippen molar-refractivity contribution in [2.24, 2.45) is 17.8 Å². The van der Waals surface area contributed by atoms with Gasteiger partial charge < -0.3 is 14.2 Å². The molecule has 5 unspecified atom stereocenters. The van der Waals surface area contributed by atoms with Crippen molar-refractivity contribution in [2.45, 2.75) is 63.9 Å². The molecule has 1 saturated heterocycles. The minimum atomic E-state index is -0.686. The van der Waals surface area contributed by atoms with Crippen LogP contribution in [0.2, 0.25) is 0 Å². The summed E-state index contributed by atoms with van der Waals surface area (Å²) in [5, 5.41) is 0. The summed E-state index contributed by atoms with van der Waals surface area (Å²) in [5.41, 5.74) is -1.10. The molecule has 2 aliphatic rings. The van der Waals surface area contributed by atoms with Crippen LogP contribution in [0.1, 0.15) is 47.0 Å². The van der Waals surface area contributed by atoms with E-state index in [9.17, 15) is 9.59 Å². The van der Waals surface area contributed by atoms with E-state index in [4.69, 9.17) is 14.2 Å². The quantitative estimate of drug-likeness (QED) is 0.739. The molecule has 2 fully saturated rings. The van der Waals surface area contributed by atoms with Crippen molar-refractivity contribution >= 4 is 23.7 Å². The van der Waals surface area contributed by atoms with Crippen LogP contribution >= 0.6 is 11.8 Å². The molecular weight excluding hydrogens is 304 g/mol. The normalized spacial score (nSPS) is 35.4. The van der Waals surface area contributed by atoms with E-state index in [1.165, 1.54) is 25.1 Å². The lowest BCUT2D eigenvalue weighted by molar-refractivity contribution is -0.163. The van der Waals surface area contributed by atoms with Crippen molar-refractivity contribution in [1.82, 2.24) is 0 Å². The van der Waals surface area contributed by atoms with E-state index < -0.39 is 10.9 Å². The standard InChI is InChI=1S/C16H26O5S/c1-9(2)12-6-5-10(3)7-13(12)21-15(18)16-19-8-14(22-16)20-11(4)17/h9-10,12-14,16H,5-8H2,1-4H3. The molecule has 0 aromatic rings. The molecule has 0 spiro atoms. The maximum atomic E-state index is 12.3. The van der Waals surface area contributed by atoms with E-state index >= 15 is 0 Å². The molecule has 1 aliphatic carbocycles. The number of hydrogen-bond donors (Lipinski definition) is 0. The van der Waals surface area contributed by atoms with E-state index in [1.807, 2.05) is 0 Å². The number of rotatable bonds is 4. The number of ether oxygens (including phenoxy) is 3. The Hall–Kier alpha value is -0.750. The van der Waals surface area contributed by atoms with Crippen molar-refractivity contribution in [2.75, 3.05) is 6.61 Å². The highest BCUT2D eigenvalue weighted by molar-refractivity contribution is 8.01. The van der Waals surface area contributed by atoms with Crippen LogP contribution in [0.15, 0.2) is 0 Å². The number of thioether (sulfide) groups is 1. The lowest BCUT2D eigenvalue weighted by Crippen LogP contribution is -2.37. The first-order valence-corrected chi connectivity index (χ1v) is 8.96. The molecule has 5 nitrogen and oxygen atoms in total. The van der Waals surface area contributed by atoms with Gasteiger partial charge in [0.2, 0.25) is 5.44 Å². The van der Waals surface area contributed by atoms with Crippen LogP contribution in [0.3, 0.4) is 0 Å². The largest absolute Gasteiger partial charge is 0.459 e. The Morgan fingerprint density at radius 3 is 2.59 bits per heavy atom. The summed E-state index contributed by atoms with van der Waals surface area (Å²) in [5.74, 6) is 0.784. The van der Waals surface area contributed by atoms with Gasteiger partial charge in [-0.3, -0.25) is 4.79 Å². The molecule has 6 heteroatoms. The van der Waals surface area contributed by atoms with Gasteiger partial charge in [-0.25, -0.2) is 4.79 Å². The van der Waals surface area contributed by atoms with Gasteiger partial charge in [0.15, 0.2) is 5.44 Å². The topological polar surface area (TPSA) is 61.8 Å². The highest BCUT2D eigenvalue weighted by Crippen LogP contribution is 2.37. The molecule has 2 rings (SSSR count). The summed E-state index contributed by atoms with van der Waals surface area (Å²) >= 11 is 1.21. The Bertz CT molecular complexity index is 411. The van der Waals surface area contributed by atoms with Crippen molar-refractivity contribution in [3.8, 4) is 0 Å². The Morgan fingerprint density at radius 2 is 1.95 bits per heavy atom. The fourth-order valence-corrected chi connectivity index (χ4v) is 4.16. The highest BCUT2D eigenvalue weighted by atomic mass is 32.2. The predicted octanol–water partition coefficient (Wildman–Crippen LogP) is 2.97. The zero-order valence-electron chi connectivity index (χ0n) is 13.7. The van der Waals surface area contributed by atoms with Gasteiger partial charge in [-0.15, -0.1) is 0 Å². The molecule has 0 aromatic carbocycles. The van der Waals surface area contributed by atoms with Crippen molar-refractivity contribution in [3.05, 3.63) is 0 Å². The third kappa shape index (κ3) is 4.62. The second-order valence-electron chi connectivity index (χ2n) is 6.64. The van der Waals surface area contributed by atoms with E-state index in [1.54, 1.807) is 0 Å². The SMILES string of the molecule is CC(=O)OC1COC(C(=O)OC2CC(C)CCC2C(C)C)S1. The fraction of sp³-hybridized carbons (Fsp3) is 0.875. The van der Waals surface area contributed by atoms with Gasteiger partial charge in [0.05, 0.1) is 6.61 Å². The Morgan fingerprint density at radius 1 is 1.23 bits per heavy atom.